The number of anilines is 2. The van der Waals surface area contributed by atoms with Gasteiger partial charge in [-0.1, -0.05) is 49.3 Å². The van der Waals surface area contributed by atoms with Crippen molar-refractivity contribution in [2.45, 2.75) is 39.7 Å². The number of benzene rings is 1. The third-order valence-electron chi connectivity index (χ3n) is 5.13. The van der Waals surface area contributed by atoms with E-state index in [1.54, 1.807) is 0 Å². The Morgan fingerprint density at radius 1 is 1.26 bits per heavy atom. The van der Waals surface area contributed by atoms with Crippen LogP contribution in [-0.2, 0) is 22.5 Å². The summed E-state index contributed by atoms with van der Waals surface area (Å²) in [5.41, 5.74) is 5.67. The number of aromatic amines is 1. The van der Waals surface area contributed by atoms with Crippen molar-refractivity contribution >= 4 is 17.4 Å². The van der Waals surface area contributed by atoms with Crippen LogP contribution in [0, 0.1) is 5.92 Å². The highest BCUT2D eigenvalue weighted by Crippen LogP contribution is 2.20. The molecule has 1 aromatic carbocycles. The average Bonchev–Trinajstić information content (AvgIpc) is 3.28. The molecule has 0 saturated heterocycles. The molecule has 34 heavy (non-hydrogen) atoms. The van der Waals surface area contributed by atoms with Gasteiger partial charge in [0.1, 0.15) is 5.82 Å². The summed E-state index contributed by atoms with van der Waals surface area (Å²) in [6, 6.07) is 9.43. The van der Waals surface area contributed by atoms with E-state index < -0.39 is 11.2 Å². The van der Waals surface area contributed by atoms with Crippen molar-refractivity contribution < 1.29 is 14.1 Å². The van der Waals surface area contributed by atoms with Gasteiger partial charge in [0.25, 0.3) is 5.56 Å². The number of rotatable bonds is 11. The second kappa shape index (κ2) is 11.4. The Labute approximate surface area is 196 Å². The first-order valence-electron chi connectivity index (χ1n) is 11.1. The van der Waals surface area contributed by atoms with Crippen LogP contribution in [0.3, 0.4) is 0 Å². The topological polar surface area (TPSA) is 149 Å². The lowest BCUT2D eigenvalue weighted by atomic mass is 10.2. The summed E-state index contributed by atoms with van der Waals surface area (Å²) in [4.78, 5) is 45.9. The Morgan fingerprint density at radius 2 is 2.00 bits per heavy atom. The molecule has 3 aromatic rings. The van der Waals surface area contributed by atoms with Crippen LogP contribution in [0.25, 0.3) is 11.4 Å². The molecule has 0 unspecified atom stereocenters. The molecule has 0 aliphatic heterocycles. The van der Waals surface area contributed by atoms with E-state index in [2.05, 4.69) is 15.1 Å². The normalized spacial score (nSPS) is 11.2. The molecule has 0 aliphatic rings. The molecule has 0 radical (unpaired) electrons. The Morgan fingerprint density at radius 3 is 2.68 bits per heavy atom. The van der Waals surface area contributed by atoms with E-state index in [0.717, 1.165) is 5.56 Å². The SMILES string of the molecule is COCCN(C(=O)CCCc1nc(-c2ccccc2)no1)c1c(N)n(CC(C)C)c(=O)[nH]c1=O. The van der Waals surface area contributed by atoms with Crippen LogP contribution in [0.15, 0.2) is 44.4 Å². The number of hydrogen-bond acceptors (Lipinski definition) is 8. The number of aromatic nitrogens is 4. The smallest absolute Gasteiger partial charge is 0.330 e. The van der Waals surface area contributed by atoms with Gasteiger partial charge in [0.2, 0.25) is 17.6 Å². The predicted molar refractivity (Wildman–Crippen MR) is 127 cm³/mol. The maximum absolute atomic E-state index is 13.1. The fourth-order valence-electron chi connectivity index (χ4n) is 3.52. The monoisotopic (exact) mass is 470 g/mol. The van der Waals surface area contributed by atoms with E-state index in [1.165, 1.54) is 16.6 Å². The number of methoxy groups -OCH3 is 1. The second-order valence-electron chi connectivity index (χ2n) is 8.27. The molecule has 0 bridgehead atoms. The van der Waals surface area contributed by atoms with Gasteiger partial charge in [-0.2, -0.15) is 4.98 Å². The average molecular weight is 471 g/mol. The van der Waals surface area contributed by atoms with Crippen LogP contribution in [0.4, 0.5) is 11.5 Å². The lowest BCUT2D eigenvalue weighted by Crippen LogP contribution is -2.42. The number of ether oxygens (including phenoxy) is 1. The lowest BCUT2D eigenvalue weighted by Gasteiger charge is -2.24. The molecule has 182 valence electrons. The molecule has 3 rings (SSSR count). The molecule has 11 heteroatoms. The van der Waals surface area contributed by atoms with Crippen molar-refractivity contribution in [2.75, 3.05) is 30.9 Å². The molecular weight excluding hydrogens is 440 g/mol. The number of H-pyrrole nitrogens is 1. The molecule has 0 fully saturated rings. The number of aryl methyl sites for hydroxylation is 1. The fraction of sp³-hybridized carbons (Fsp3) is 0.435. The van der Waals surface area contributed by atoms with Crippen molar-refractivity contribution in [3.8, 4) is 11.4 Å². The van der Waals surface area contributed by atoms with Crippen LogP contribution < -0.4 is 21.9 Å². The predicted octanol–water partition coefficient (Wildman–Crippen LogP) is 1.83. The van der Waals surface area contributed by atoms with Crippen molar-refractivity contribution in [2.24, 2.45) is 5.92 Å². The van der Waals surface area contributed by atoms with Crippen LogP contribution >= 0.6 is 0 Å². The number of hydrogen-bond donors (Lipinski definition) is 2. The largest absolute Gasteiger partial charge is 0.383 e. The van der Waals surface area contributed by atoms with Crippen LogP contribution in [0.1, 0.15) is 32.6 Å². The van der Waals surface area contributed by atoms with Crippen molar-refractivity contribution in [3.05, 3.63) is 57.1 Å². The summed E-state index contributed by atoms with van der Waals surface area (Å²) in [5, 5.41) is 3.98. The first-order chi connectivity index (χ1) is 16.3. The van der Waals surface area contributed by atoms with Gasteiger partial charge in [0.05, 0.1) is 6.61 Å². The van der Waals surface area contributed by atoms with Crippen LogP contribution in [-0.4, -0.2) is 45.9 Å². The van der Waals surface area contributed by atoms with Gasteiger partial charge in [-0.15, -0.1) is 0 Å². The highest BCUT2D eigenvalue weighted by atomic mass is 16.5. The maximum atomic E-state index is 13.1. The number of nitrogens with zero attached hydrogens (tertiary/aromatic N) is 4. The molecule has 3 N–H and O–H groups in total. The summed E-state index contributed by atoms with van der Waals surface area (Å²) in [7, 11) is 1.50. The maximum Gasteiger partial charge on any atom is 0.330 e. The molecule has 0 spiro atoms. The van der Waals surface area contributed by atoms with Gasteiger partial charge in [-0.3, -0.25) is 19.1 Å². The summed E-state index contributed by atoms with van der Waals surface area (Å²) < 4.78 is 11.7. The van der Waals surface area contributed by atoms with E-state index in [4.69, 9.17) is 15.0 Å². The van der Waals surface area contributed by atoms with Crippen LogP contribution in [0.2, 0.25) is 0 Å². The Balaban J connectivity index is 1.75. The first kappa shape index (κ1) is 24.9. The molecule has 1 amide bonds. The van der Waals surface area contributed by atoms with Crippen molar-refractivity contribution in [1.29, 1.82) is 0 Å². The first-order valence-corrected chi connectivity index (χ1v) is 11.1. The van der Waals surface area contributed by atoms with Gasteiger partial charge in [0.15, 0.2) is 5.69 Å². The van der Waals surface area contributed by atoms with E-state index in [9.17, 15) is 14.4 Å². The van der Waals surface area contributed by atoms with E-state index in [0.29, 0.717) is 31.1 Å². The number of amides is 1. The number of nitrogens with one attached hydrogen (secondary N) is 1. The number of carbonyl (C=O) groups excluding carboxylic acids is 1. The van der Waals surface area contributed by atoms with E-state index >= 15 is 0 Å². The zero-order valence-electron chi connectivity index (χ0n) is 19.6. The van der Waals surface area contributed by atoms with Gasteiger partial charge in [-0.05, 0) is 12.3 Å². The summed E-state index contributed by atoms with van der Waals surface area (Å²) in [6.07, 6.45) is 0.916. The minimum Gasteiger partial charge on any atom is -0.383 e. The van der Waals surface area contributed by atoms with Gasteiger partial charge < -0.3 is 19.9 Å². The van der Waals surface area contributed by atoms with Gasteiger partial charge in [-0.25, -0.2) is 4.79 Å². The standard InChI is InChI=1S/C23H30N6O5/c1-15(2)14-29-20(24)19(22(31)26-23(29)32)28(12-13-33-3)18(30)11-7-10-17-25-21(27-34-17)16-8-5-4-6-9-16/h4-6,8-9,15H,7,10-14,24H2,1-3H3,(H,26,31,32). The fourth-order valence-corrected chi connectivity index (χ4v) is 3.52. The molecule has 2 aromatic heterocycles. The zero-order chi connectivity index (χ0) is 24.7. The van der Waals surface area contributed by atoms with Crippen molar-refractivity contribution in [3.63, 3.8) is 0 Å². The van der Waals surface area contributed by atoms with Crippen LogP contribution in [0.5, 0.6) is 0 Å². The molecular formula is C23H30N6O5. The minimum absolute atomic E-state index is 0.0451. The second-order valence-corrected chi connectivity index (χ2v) is 8.27. The molecule has 2 heterocycles. The van der Waals surface area contributed by atoms with Gasteiger partial charge >= 0.3 is 5.69 Å². The summed E-state index contributed by atoms with van der Waals surface area (Å²) >= 11 is 0. The lowest BCUT2D eigenvalue weighted by molar-refractivity contribution is -0.118. The number of nitrogen functional groups attached to an aromatic ring is 1. The number of carbonyl (C=O) groups is 1. The Bertz CT molecular complexity index is 1210. The summed E-state index contributed by atoms with van der Waals surface area (Å²) in [6.45, 7) is 4.46. The third-order valence-corrected chi connectivity index (χ3v) is 5.13. The van der Waals surface area contributed by atoms with E-state index in [1.807, 2.05) is 44.2 Å². The quantitative estimate of drug-likeness (QED) is 0.431. The Kier molecular flexibility index (Phi) is 8.36. The van der Waals surface area contributed by atoms with E-state index in [-0.39, 0.29) is 42.9 Å². The highest BCUT2D eigenvalue weighted by Gasteiger charge is 2.24. The highest BCUT2D eigenvalue weighted by molar-refractivity contribution is 5.95. The minimum atomic E-state index is -0.712. The molecule has 0 aliphatic carbocycles. The molecule has 0 saturated carbocycles. The summed E-state index contributed by atoms with van der Waals surface area (Å²) in [5.74, 6) is 0.633. The molecule has 0 atom stereocenters. The Hall–Kier alpha value is -3.73. The number of nitrogens with two attached hydrogens (primary N) is 1. The zero-order valence-corrected chi connectivity index (χ0v) is 19.6. The van der Waals surface area contributed by atoms with Crippen molar-refractivity contribution in [1.82, 2.24) is 19.7 Å². The molecule has 11 nitrogen and oxygen atoms in total. The van der Waals surface area contributed by atoms with Gasteiger partial charge in [0, 0.05) is 38.6 Å². The third kappa shape index (κ3) is 5.98.